The lowest BCUT2D eigenvalue weighted by molar-refractivity contribution is -0.199. The Kier molecular flexibility index (Phi) is 5.27. The molecule has 1 unspecified atom stereocenters. The summed E-state index contributed by atoms with van der Waals surface area (Å²) in [5, 5.41) is 8.11. The van der Waals surface area contributed by atoms with E-state index in [2.05, 4.69) is 10.3 Å². The third kappa shape index (κ3) is 3.84. The lowest BCUT2D eigenvalue weighted by Crippen LogP contribution is -2.64. The van der Waals surface area contributed by atoms with E-state index in [0.717, 1.165) is 5.69 Å². The van der Waals surface area contributed by atoms with Gasteiger partial charge in [-0.15, -0.1) is 5.10 Å². The predicted octanol–water partition coefficient (Wildman–Crippen LogP) is 0.644. The highest BCUT2D eigenvalue weighted by atomic mass is 16.6. The molecule has 2 fully saturated rings. The molecule has 0 aliphatic carbocycles. The molecular weight excluding hydrogens is 350 g/mol. The second-order valence-electron chi connectivity index (χ2n) is 8.26. The molecule has 2 aliphatic heterocycles. The summed E-state index contributed by atoms with van der Waals surface area (Å²) in [7, 11) is 1.74. The van der Waals surface area contributed by atoms with Gasteiger partial charge in [0.1, 0.15) is 0 Å². The molecule has 2 amide bonds. The van der Waals surface area contributed by atoms with Crippen LogP contribution in [0.4, 0.5) is 0 Å². The molecule has 150 valence electrons. The largest absolute Gasteiger partial charge is 0.375 e. The molecule has 0 bridgehead atoms. The van der Waals surface area contributed by atoms with E-state index < -0.39 is 11.7 Å². The number of rotatable bonds is 4. The second kappa shape index (κ2) is 7.20. The van der Waals surface area contributed by atoms with E-state index in [-0.39, 0.29) is 30.5 Å². The molecule has 2 saturated heterocycles. The van der Waals surface area contributed by atoms with Gasteiger partial charge >= 0.3 is 0 Å². The lowest BCUT2D eigenvalue weighted by atomic mass is 10.0. The fraction of sp³-hybridized carbons (Fsp3) is 0.778. The van der Waals surface area contributed by atoms with Gasteiger partial charge in [0.15, 0.2) is 11.8 Å². The topological polar surface area (TPSA) is 89.8 Å². The van der Waals surface area contributed by atoms with Crippen molar-refractivity contribution in [3.63, 3.8) is 0 Å². The monoisotopic (exact) mass is 379 g/mol. The van der Waals surface area contributed by atoms with Crippen LogP contribution in [0.15, 0.2) is 0 Å². The van der Waals surface area contributed by atoms with Gasteiger partial charge in [0.05, 0.1) is 30.6 Å². The Morgan fingerprint density at radius 1 is 1.30 bits per heavy atom. The smallest absolute Gasteiger partial charge is 0.276 e. The Morgan fingerprint density at radius 2 is 1.96 bits per heavy atom. The van der Waals surface area contributed by atoms with Gasteiger partial charge in [-0.05, 0) is 34.6 Å². The Balaban J connectivity index is 1.57. The molecule has 0 spiro atoms. The van der Waals surface area contributed by atoms with Crippen molar-refractivity contribution in [3.05, 3.63) is 11.4 Å². The molecular formula is C18H29N5O4. The number of likely N-dealkylation sites (N-methyl/N-ethyl adjacent to an activating group) is 1. The third-order valence-electron chi connectivity index (χ3n) is 5.12. The SMILES string of the molecule is Cc1c(C(=O)N(C)C2CN(C(=O)C3COCC(C)(C)O3)C2)nnn1C(C)C. The summed E-state index contributed by atoms with van der Waals surface area (Å²) >= 11 is 0. The van der Waals surface area contributed by atoms with Crippen LogP contribution in [0.2, 0.25) is 0 Å². The van der Waals surface area contributed by atoms with Crippen LogP contribution in [0.5, 0.6) is 0 Å². The number of carbonyl (C=O) groups is 2. The van der Waals surface area contributed by atoms with E-state index in [1.165, 1.54) is 0 Å². The van der Waals surface area contributed by atoms with E-state index in [9.17, 15) is 9.59 Å². The van der Waals surface area contributed by atoms with Crippen LogP contribution in [-0.4, -0.2) is 87.7 Å². The van der Waals surface area contributed by atoms with Crippen molar-refractivity contribution in [2.75, 3.05) is 33.4 Å². The summed E-state index contributed by atoms with van der Waals surface area (Å²) in [6.07, 6.45) is -0.580. The normalized spacial score (nSPS) is 22.6. The fourth-order valence-electron chi connectivity index (χ4n) is 3.43. The summed E-state index contributed by atoms with van der Waals surface area (Å²) in [5.74, 6) is -0.253. The van der Waals surface area contributed by atoms with Crippen LogP contribution in [-0.2, 0) is 14.3 Å². The number of likely N-dealkylation sites (tertiary alicyclic amines) is 1. The Bertz CT molecular complexity index is 723. The molecule has 3 heterocycles. The average Bonchev–Trinajstić information content (AvgIpc) is 2.93. The third-order valence-corrected chi connectivity index (χ3v) is 5.12. The molecule has 9 nitrogen and oxygen atoms in total. The number of aromatic nitrogens is 3. The number of nitrogens with zero attached hydrogens (tertiary/aromatic N) is 5. The summed E-state index contributed by atoms with van der Waals surface area (Å²) in [6, 6.07) is 0.103. The van der Waals surface area contributed by atoms with Gasteiger partial charge in [0.2, 0.25) is 0 Å². The number of carbonyl (C=O) groups excluding carboxylic acids is 2. The van der Waals surface area contributed by atoms with Gasteiger partial charge in [-0.1, -0.05) is 5.21 Å². The van der Waals surface area contributed by atoms with Crippen LogP contribution in [0.1, 0.15) is 49.9 Å². The van der Waals surface area contributed by atoms with Crippen molar-refractivity contribution >= 4 is 11.8 Å². The van der Waals surface area contributed by atoms with E-state index in [1.54, 1.807) is 21.5 Å². The van der Waals surface area contributed by atoms with Crippen molar-refractivity contribution in [2.45, 2.75) is 58.4 Å². The quantitative estimate of drug-likeness (QED) is 0.763. The molecule has 0 radical (unpaired) electrons. The van der Waals surface area contributed by atoms with Crippen molar-refractivity contribution in [2.24, 2.45) is 0 Å². The van der Waals surface area contributed by atoms with E-state index >= 15 is 0 Å². The summed E-state index contributed by atoms with van der Waals surface area (Å²) < 4.78 is 13.1. The van der Waals surface area contributed by atoms with Gasteiger partial charge < -0.3 is 19.3 Å². The zero-order chi connectivity index (χ0) is 19.9. The maximum Gasteiger partial charge on any atom is 0.276 e. The Hall–Kier alpha value is -2.00. The number of amides is 2. The second-order valence-corrected chi connectivity index (χ2v) is 8.26. The van der Waals surface area contributed by atoms with Gasteiger partial charge in [0, 0.05) is 26.2 Å². The number of hydrogen-bond donors (Lipinski definition) is 0. The lowest BCUT2D eigenvalue weighted by Gasteiger charge is -2.46. The first-order valence-corrected chi connectivity index (χ1v) is 9.34. The van der Waals surface area contributed by atoms with E-state index in [0.29, 0.717) is 25.4 Å². The number of ether oxygens (including phenoxy) is 2. The van der Waals surface area contributed by atoms with Crippen LogP contribution in [0, 0.1) is 6.92 Å². The molecule has 9 heteroatoms. The first kappa shape index (κ1) is 19.8. The zero-order valence-electron chi connectivity index (χ0n) is 16.9. The molecule has 27 heavy (non-hydrogen) atoms. The summed E-state index contributed by atoms with van der Waals surface area (Å²) in [6.45, 7) is 11.4. The van der Waals surface area contributed by atoms with E-state index in [1.807, 2.05) is 34.6 Å². The standard InChI is InChI=1S/C18H29N5O4/c1-11(2)23-12(3)15(19-20-23)17(25)21(6)13-7-22(8-13)16(24)14-9-26-10-18(4,5)27-14/h11,13-14H,7-10H2,1-6H3. The van der Waals surface area contributed by atoms with Crippen LogP contribution in [0.3, 0.4) is 0 Å². The van der Waals surface area contributed by atoms with Crippen molar-refractivity contribution in [1.29, 1.82) is 0 Å². The van der Waals surface area contributed by atoms with Crippen molar-refractivity contribution < 1.29 is 19.1 Å². The number of hydrogen-bond acceptors (Lipinski definition) is 6. The van der Waals surface area contributed by atoms with Crippen LogP contribution in [0.25, 0.3) is 0 Å². The molecule has 0 saturated carbocycles. The minimum atomic E-state index is -0.580. The zero-order valence-corrected chi connectivity index (χ0v) is 16.9. The van der Waals surface area contributed by atoms with Crippen LogP contribution >= 0.6 is 0 Å². The molecule has 0 N–H and O–H groups in total. The molecule has 0 aromatic carbocycles. The highest BCUT2D eigenvalue weighted by molar-refractivity contribution is 5.93. The van der Waals surface area contributed by atoms with Crippen molar-refractivity contribution in [3.8, 4) is 0 Å². The molecule has 1 aromatic rings. The first-order valence-electron chi connectivity index (χ1n) is 9.34. The first-order chi connectivity index (χ1) is 12.6. The Morgan fingerprint density at radius 3 is 2.52 bits per heavy atom. The highest BCUT2D eigenvalue weighted by Gasteiger charge is 2.42. The molecule has 2 aliphatic rings. The van der Waals surface area contributed by atoms with Crippen LogP contribution < -0.4 is 0 Å². The maximum absolute atomic E-state index is 12.8. The van der Waals surface area contributed by atoms with Gasteiger partial charge in [0.25, 0.3) is 11.8 Å². The fourth-order valence-corrected chi connectivity index (χ4v) is 3.43. The van der Waals surface area contributed by atoms with Crippen molar-refractivity contribution in [1.82, 2.24) is 24.8 Å². The summed E-state index contributed by atoms with van der Waals surface area (Å²) in [5.41, 5.74) is 0.654. The van der Waals surface area contributed by atoms with Gasteiger partial charge in [-0.3, -0.25) is 9.59 Å². The molecule has 1 atom stereocenters. The average molecular weight is 379 g/mol. The maximum atomic E-state index is 12.8. The Labute approximate surface area is 159 Å². The molecule has 3 rings (SSSR count). The summed E-state index contributed by atoms with van der Waals surface area (Å²) in [4.78, 5) is 28.7. The predicted molar refractivity (Wildman–Crippen MR) is 97.4 cm³/mol. The minimum absolute atomic E-state index is 0.0393. The molecule has 1 aromatic heterocycles. The minimum Gasteiger partial charge on any atom is -0.375 e. The van der Waals surface area contributed by atoms with Gasteiger partial charge in [-0.25, -0.2) is 4.68 Å². The highest BCUT2D eigenvalue weighted by Crippen LogP contribution is 2.23. The van der Waals surface area contributed by atoms with Gasteiger partial charge in [-0.2, -0.15) is 0 Å². The van der Waals surface area contributed by atoms with E-state index in [4.69, 9.17) is 9.47 Å².